The highest BCUT2D eigenvalue weighted by Crippen LogP contribution is 2.52. The first kappa shape index (κ1) is 17.1. The van der Waals surface area contributed by atoms with Crippen LogP contribution in [0.25, 0.3) is 0 Å². The first-order valence-corrected chi connectivity index (χ1v) is 8.04. The first-order chi connectivity index (χ1) is 9.89. The Morgan fingerprint density at radius 3 is 2.86 bits per heavy atom. The standard InChI is InChI=1S/C11H15N2O7P.H3N/c1-2-6-4-13(11(15)12-10(6)14)9-3-7-8(19-9)5-18-21(16,17)20-7;/h4,7-9H,2-3,5H2,1H3,(H,16,17)(H,12,14,15);1H3/t7-,8+,9+;/m0./s1. The summed E-state index contributed by atoms with van der Waals surface area (Å²) in [6, 6.07) is 0. The quantitative estimate of drug-likeness (QED) is 0.641. The van der Waals surface area contributed by atoms with Crippen LogP contribution >= 0.6 is 7.82 Å². The number of aromatic nitrogens is 2. The SMILES string of the molecule is CCc1cn([C@H]2C[C@@H]3OP(=O)(O)OC[C@H]3O2)c(=O)[nH]c1=O.N. The van der Waals surface area contributed by atoms with E-state index in [0.29, 0.717) is 12.0 Å². The topological polar surface area (TPSA) is 155 Å². The van der Waals surface area contributed by atoms with E-state index < -0.39 is 37.5 Å². The van der Waals surface area contributed by atoms with Gasteiger partial charge in [0, 0.05) is 18.2 Å². The summed E-state index contributed by atoms with van der Waals surface area (Å²) in [5.41, 5.74) is -0.555. The van der Waals surface area contributed by atoms with Gasteiger partial charge >= 0.3 is 13.5 Å². The maximum atomic E-state index is 11.9. The minimum atomic E-state index is -4.03. The molecule has 11 heteroatoms. The molecule has 2 fully saturated rings. The summed E-state index contributed by atoms with van der Waals surface area (Å²) in [5.74, 6) is 0. The van der Waals surface area contributed by atoms with E-state index in [4.69, 9.17) is 9.26 Å². The van der Waals surface area contributed by atoms with E-state index in [0.717, 1.165) is 0 Å². The second kappa shape index (κ2) is 6.07. The van der Waals surface area contributed by atoms with Crippen molar-refractivity contribution in [3.8, 4) is 0 Å². The summed E-state index contributed by atoms with van der Waals surface area (Å²) >= 11 is 0. The molecule has 4 atom stereocenters. The zero-order chi connectivity index (χ0) is 15.2. The average Bonchev–Trinajstić information content (AvgIpc) is 2.80. The number of H-pyrrole nitrogens is 1. The summed E-state index contributed by atoms with van der Waals surface area (Å²) in [7, 11) is -4.03. The molecule has 0 aromatic carbocycles. The molecule has 3 rings (SSSR count). The normalized spacial score (nSPS) is 34.0. The third kappa shape index (κ3) is 3.07. The molecule has 0 amide bonds. The van der Waals surface area contributed by atoms with E-state index in [-0.39, 0.29) is 19.2 Å². The van der Waals surface area contributed by atoms with Gasteiger partial charge in [0.1, 0.15) is 18.4 Å². The Bertz CT molecular complexity index is 714. The van der Waals surface area contributed by atoms with Gasteiger partial charge in [-0.2, -0.15) is 0 Å². The van der Waals surface area contributed by atoms with Gasteiger partial charge in [0.05, 0.1) is 6.61 Å². The molecule has 0 radical (unpaired) electrons. The van der Waals surface area contributed by atoms with Gasteiger partial charge in [-0.3, -0.25) is 23.4 Å². The molecule has 0 bridgehead atoms. The van der Waals surface area contributed by atoms with Gasteiger partial charge in [0.25, 0.3) is 5.56 Å². The highest BCUT2D eigenvalue weighted by molar-refractivity contribution is 7.47. The van der Waals surface area contributed by atoms with Crippen molar-refractivity contribution in [2.45, 2.75) is 38.2 Å². The van der Waals surface area contributed by atoms with Gasteiger partial charge in [0.2, 0.25) is 0 Å². The number of nitrogens with zero attached hydrogens (tertiary/aromatic N) is 1. The fourth-order valence-corrected chi connectivity index (χ4v) is 3.45. The van der Waals surface area contributed by atoms with Crippen molar-refractivity contribution in [3.05, 3.63) is 32.6 Å². The van der Waals surface area contributed by atoms with Gasteiger partial charge in [-0.25, -0.2) is 9.36 Å². The molecule has 2 aliphatic rings. The van der Waals surface area contributed by atoms with Crippen molar-refractivity contribution in [1.82, 2.24) is 15.7 Å². The second-order valence-electron chi connectivity index (χ2n) is 4.95. The maximum absolute atomic E-state index is 11.9. The predicted molar refractivity (Wildman–Crippen MR) is 74.9 cm³/mol. The molecular weight excluding hydrogens is 317 g/mol. The van der Waals surface area contributed by atoms with Crippen LogP contribution in [0.3, 0.4) is 0 Å². The zero-order valence-electron chi connectivity index (χ0n) is 11.9. The number of aromatic amines is 1. The average molecular weight is 335 g/mol. The van der Waals surface area contributed by atoms with Crippen LogP contribution in [0.15, 0.2) is 15.8 Å². The van der Waals surface area contributed by atoms with E-state index in [2.05, 4.69) is 9.51 Å². The lowest BCUT2D eigenvalue weighted by molar-refractivity contribution is -0.0680. The molecule has 1 aromatic heterocycles. The van der Waals surface area contributed by atoms with Crippen LogP contribution in [0.5, 0.6) is 0 Å². The van der Waals surface area contributed by atoms with Crippen molar-refractivity contribution < 1.29 is 23.2 Å². The predicted octanol–water partition coefficient (Wildman–Crippen LogP) is 0.0643. The van der Waals surface area contributed by atoms with Crippen LogP contribution < -0.4 is 17.4 Å². The number of hydrogen-bond donors (Lipinski definition) is 3. The highest BCUT2D eigenvalue weighted by Gasteiger charge is 2.46. The monoisotopic (exact) mass is 335 g/mol. The van der Waals surface area contributed by atoms with Crippen LogP contribution in [0.1, 0.15) is 25.1 Å². The molecule has 5 N–H and O–H groups in total. The Hall–Kier alpha value is -1.29. The summed E-state index contributed by atoms with van der Waals surface area (Å²) in [6.07, 6.45) is 0.338. The molecule has 1 aromatic rings. The van der Waals surface area contributed by atoms with E-state index in [1.54, 1.807) is 6.92 Å². The molecule has 10 nitrogen and oxygen atoms in total. The van der Waals surface area contributed by atoms with Crippen molar-refractivity contribution in [3.63, 3.8) is 0 Å². The van der Waals surface area contributed by atoms with Gasteiger partial charge < -0.3 is 15.8 Å². The number of nitrogens with one attached hydrogen (secondary N) is 1. The Balaban J connectivity index is 0.00000176. The van der Waals surface area contributed by atoms with Crippen molar-refractivity contribution in [1.29, 1.82) is 0 Å². The largest absolute Gasteiger partial charge is 0.472 e. The van der Waals surface area contributed by atoms with E-state index >= 15 is 0 Å². The molecule has 0 spiro atoms. The van der Waals surface area contributed by atoms with Gasteiger partial charge in [-0.1, -0.05) is 6.92 Å². The molecule has 124 valence electrons. The van der Waals surface area contributed by atoms with Crippen molar-refractivity contribution in [2.75, 3.05) is 6.61 Å². The van der Waals surface area contributed by atoms with Crippen LogP contribution in [-0.4, -0.2) is 33.3 Å². The van der Waals surface area contributed by atoms with Crippen LogP contribution in [0, 0.1) is 0 Å². The molecule has 22 heavy (non-hydrogen) atoms. The molecule has 0 saturated carbocycles. The third-order valence-corrected chi connectivity index (χ3v) is 4.60. The van der Waals surface area contributed by atoms with Crippen molar-refractivity contribution >= 4 is 7.82 Å². The van der Waals surface area contributed by atoms with Crippen molar-refractivity contribution in [2.24, 2.45) is 0 Å². The van der Waals surface area contributed by atoms with Gasteiger partial charge in [0.15, 0.2) is 0 Å². The lowest BCUT2D eigenvalue weighted by Gasteiger charge is -2.26. The number of fused-ring (bicyclic) bond motifs is 1. The number of phosphoric ester groups is 1. The fraction of sp³-hybridized carbons (Fsp3) is 0.636. The van der Waals surface area contributed by atoms with E-state index in [1.165, 1.54) is 10.8 Å². The molecule has 3 heterocycles. The number of hydrogen-bond acceptors (Lipinski definition) is 7. The molecule has 0 aliphatic carbocycles. The first-order valence-electron chi connectivity index (χ1n) is 6.55. The van der Waals surface area contributed by atoms with Crippen LogP contribution in [0.4, 0.5) is 0 Å². The summed E-state index contributed by atoms with van der Waals surface area (Å²) in [4.78, 5) is 34.9. The Morgan fingerprint density at radius 2 is 2.18 bits per heavy atom. The summed E-state index contributed by atoms with van der Waals surface area (Å²) in [5, 5.41) is 0. The number of ether oxygens (including phenoxy) is 1. The number of rotatable bonds is 2. The lowest BCUT2D eigenvalue weighted by atomic mass is 10.2. The lowest BCUT2D eigenvalue weighted by Crippen LogP contribution is -2.34. The summed E-state index contributed by atoms with van der Waals surface area (Å²) < 4.78 is 27.9. The Kier molecular flexibility index (Phi) is 4.71. The Morgan fingerprint density at radius 1 is 1.45 bits per heavy atom. The zero-order valence-corrected chi connectivity index (χ0v) is 12.8. The minimum absolute atomic E-state index is 0. The second-order valence-corrected chi connectivity index (χ2v) is 6.35. The molecule has 2 aliphatic heterocycles. The molecule has 1 unspecified atom stereocenters. The summed E-state index contributed by atoms with van der Waals surface area (Å²) in [6.45, 7) is 1.72. The molecular formula is C11H18N3O7P. The number of phosphoric acid groups is 1. The van der Waals surface area contributed by atoms with Gasteiger partial charge in [-0.05, 0) is 6.42 Å². The fourth-order valence-electron chi connectivity index (χ4n) is 2.49. The van der Waals surface area contributed by atoms with E-state index in [9.17, 15) is 19.0 Å². The maximum Gasteiger partial charge on any atom is 0.472 e. The van der Waals surface area contributed by atoms with Gasteiger partial charge in [-0.15, -0.1) is 0 Å². The molecule has 2 saturated heterocycles. The number of aryl methyl sites for hydroxylation is 1. The smallest absolute Gasteiger partial charge is 0.349 e. The van der Waals surface area contributed by atoms with Crippen LogP contribution in [0.2, 0.25) is 0 Å². The Labute approximate surface area is 125 Å². The van der Waals surface area contributed by atoms with E-state index in [1.807, 2.05) is 0 Å². The van der Waals surface area contributed by atoms with Crippen LogP contribution in [-0.2, 0) is 24.8 Å². The highest BCUT2D eigenvalue weighted by atomic mass is 31.2. The third-order valence-electron chi connectivity index (χ3n) is 3.58. The minimum Gasteiger partial charge on any atom is -0.349 e.